The van der Waals surface area contributed by atoms with Crippen molar-refractivity contribution in [1.82, 2.24) is 4.90 Å². The minimum Gasteiger partial charge on any atom is -0.371 e. The van der Waals surface area contributed by atoms with Gasteiger partial charge in [0.05, 0.1) is 17.2 Å². The van der Waals surface area contributed by atoms with Crippen LogP contribution in [0.25, 0.3) is 0 Å². The molecule has 166 valence electrons. The number of carbonyl (C=O) groups excluding carboxylic acids is 2. The van der Waals surface area contributed by atoms with Gasteiger partial charge in [-0.15, -0.1) is 0 Å². The first-order chi connectivity index (χ1) is 14.5. The summed E-state index contributed by atoms with van der Waals surface area (Å²) in [4.78, 5) is 28.5. The van der Waals surface area contributed by atoms with Crippen molar-refractivity contribution < 1.29 is 22.8 Å². The normalized spacial score (nSPS) is 24.2. The van der Waals surface area contributed by atoms with Gasteiger partial charge in [0.15, 0.2) is 0 Å². The Morgan fingerprint density at radius 3 is 2.35 bits per heavy atom. The van der Waals surface area contributed by atoms with Gasteiger partial charge in [0.1, 0.15) is 6.04 Å². The van der Waals surface area contributed by atoms with Crippen LogP contribution >= 0.6 is 0 Å². The summed E-state index contributed by atoms with van der Waals surface area (Å²) in [5, 5.41) is 8.99. The van der Waals surface area contributed by atoms with Gasteiger partial charge in [0.2, 0.25) is 11.8 Å². The van der Waals surface area contributed by atoms with Gasteiger partial charge in [-0.2, -0.15) is 18.4 Å². The van der Waals surface area contributed by atoms with Crippen LogP contribution in [0.4, 0.5) is 18.9 Å². The molecular formula is C22H25F3N4O2. The molecule has 3 aliphatic rings. The molecule has 31 heavy (non-hydrogen) atoms. The number of halogens is 3. The summed E-state index contributed by atoms with van der Waals surface area (Å²) in [6, 6.07) is 4.75. The van der Waals surface area contributed by atoms with Gasteiger partial charge in [0, 0.05) is 30.7 Å². The molecule has 1 aromatic rings. The predicted octanol–water partition coefficient (Wildman–Crippen LogP) is 3.05. The highest BCUT2D eigenvalue weighted by atomic mass is 19.4. The summed E-state index contributed by atoms with van der Waals surface area (Å²) in [7, 11) is 0. The van der Waals surface area contributed by atoms with Gasteiger partial charge in [-0.25, -0.2) is 0 Å². The Balaban J connectivity index is 1.50. The number of nitrogens with two attached hydrogens (primary N) is 1. The number of benzene rings is 1. The van der Waals surface area contributed by atoms with Crippen molar-refractivity contribution in [3.63, 3.8) is 0 Å². The second kappa shape index (κ2) is 7.14. The smallest absolute Gasteiger partial charge is 0.371 e. The Labute approximate surface area is 178 Å². The largest absolute Gasteiger partial charge is 0.417 e. The van der Waals surface area contributed by atoms with Crippen LogP contribution in [0.3, 0.4) is 0 Å². The van der Waals surface area contributed by atoms with Crippen LogP contribution in [-0.2, 0) is 15.8 Å². The topological polar surface area (TPSA) is 90.4 Å². The van der Waals surface area contributed by atoms with Crippen LogP contribution in [0.1, 0.15) is 50.2 Å². The van der Waals surface area contributed by atoms with Crippen molar-refractivity contribution in [3.05, 3.63) is 29.3 Å². The molecule has 4 rings (SSSR count). The molecule has 1 atom stereocenters. The maximum atomic E-state index is 13.3. The lowest BCUT2D eigenvalue weighted by molar-refractivity contribution is -0.141. The van der Waals surface area contributed by atoms with E-state index in [9.17, 15) is 22.8 Å². The number of piperidine rings is 1. The molecule has 2 N–H and O–H groups in total. The lowest BCUT2D eigenvalue weighted by atomic mass is 9.76. The van der Waals surface area contributed by atoms with Gasteiger partial charge < -0.3 is 15.5 Å². The molecule has 9 heteroatoms. The Kier molecular flexibility index (Phi) is 4.95. The predicted molar refractivity (Wildman–Crippen MR) is 107 cm³/mol. The lowest BCUT2D eigenvalue weighted by Crippen LogP contribution is -2.46. The lowest BCUT2D eigenvalue weighted by Gasteiger charge is -2.40. The van der Waals surface area contributed by atoms with Crippen LogP contribution in [0.15, 0.2) is 18.2 Å². The van der Waals surface area contributed by atoms with E-state index in [1.807, 2.05) is 11.8 Å². The van der Waals surface area contributed by atoms with E-state index in [1.54, 1.807) is 11.0 Å². The molecule has 2 aliphatic heterocycles. The molecule has 1 saturated carbocycles. The zero-order chi connectivity index (χ0) is 22.6. The van der Waals surface area contributed by atoms with Crippen molar-refractivity contribution in [1.29, 1.82) is 5.26 Å². The van der Waals surface area contributed by atoms with Crippen molar-refractivity contribution in [2.45, 2.75) is 51.2 Å². The number of nitriles is 1. The van der Waals surface area contributed by atoms with E-state index < -0.39 is 34.7 Å². The van der Waals surface area contributed by atoms with Gasteiger partial charge in [-0.05, 0) is 55.7 Å². The first-order valence-corrected chi connectivity index (χ1v) is 10.4. The maximum Gasteiger partial charge on any atom is 0.417 e. The highest BCUT2D eigenvalue weighted by molar-refractivity contribution is 5.91. The fourth-order valence-corrected chi connectivity index (χ4v) is 4.93. The molecule has 0 radical (unpaired) electrons. The molecule has 3 fully saturated rings. The summed E-state index contributed by atoms with van der Waals surface area (Å²) in [6.07, 6.45) is -1.17. The molecule has 0 aromatic heterocycles. The zero-order valence-electron chi connectivity index (χ0n) is 17.3. The molecule has 1 aromatic carbocycles. The average molecular weight is 434 g/mol. The van der Waals surface area contributed by atoms with E-state index in [-0.39, 0.29) is 11.3 Å². The summed E-state index contributed by atoms with van der Waals surface area (Å²) < 4.78 is 39.9. The van der Waals surface area contributed by atoms with Crippen LogP contribution < -0.4 is 10.6 Å². The highest BCUT2D eigenvalue weighted by Crippen LogP contribution is 2.51. The molecule has 1 aliphatic carbocycles. The summed E-state index contributed by atoms with van der Waals surface area (Å²) in [6.45, 7) is 3.39. The summed E-state index contributed by atoms with van der Waals surface area (Å²) in [5.74, 6) is -0.517. The number of rotatable bonds is 3. The van der Waals surface area contributed by atoms with Crippen LogP contribution in [0.2, 0.25) is 0 Å². The summed E-state index contributed by atoms with van der Waals surface area (Å²) in [5.41, 5.74) is 4.05. The Morgan fingerprint density at radius 1 is 1.19 bits per heavy atom. The first-order valence-electron chi connectivity index (χ1n) is 10.4. The third-order valence-corrected chi connectivity index (χ3v) is 7.23. The number of hydrogen-bond donors (Lipinski definition) is 1. The van der Waals surface area contributed by atoms with Gasteiger partial charge >= 0.3 is 6.18 Å². The monoisotopic (exact) mass is 434 g/mol. The number of primary amides is 1. The third kappa shape index (κ3) is 3.84. The number of hydrogen-bond acceptors (Lipinski definition) is 4. The zero-order valence-corrected chi connectivity index (χ0v) is 17.3. The van der Waals surface area contributed by atoms with E-state index >= 15 is 0 Å². The number of alkyl halides is 3. The van der Waals surface area contributed by atoms with E-state index in [4.69, 9.17) is 11.0 Å². The second-order valence-corrected chi connectivity index (χ2v) is 9.44. The number of anilines is 1. The maximum absolute atomic E-state index is 13.3. The average Bonchev–Trinajstić information content (AvgIpc) is 3.37. The number of nitrogens with zero attached hydrogens (tertiary/aromatic N) is 3. The number of carbonyl (C=O) groups is 2. The van der Waals surface area contributed by atoms with Crippen molar-refractivity contribution in [3.8, 4) is 6.07 Å². The first kappa shape index (κ1) is 21.5. The number of likely N-dealkylation sites (tertiary alicyclic amines) is 1. The summed E-state index contributed by atoms with van der Waals surface area (Å²) >= 11 is 0. The van der Waals surface area contributed by atoms with Gasteiger partial charge in [-0.3, -0.25) is 9.59 Å². The molecule has 2 heterocycles. The molecule has 2 amide bonds. The van der Waals surface area contributed by atoms with E-state index in [0.29, 0.717) is 44.6 Å². The Morgan fingerprint density at radius 2 is 1.84 bits per heavy atom. The molecule has 2 saturated heterocycles. The van der Waals surface area contributed by atoms with Gasteiger partial charge in [-0.1, -0.05) is 6.92 Å². The van der Waals surface area contributed by atoms with Crippen LogP contribution in [0, 0.1) is 22.2 Å². The van der Waals surface area contributed by atoms with Crippen LogP contribution in [-0.4, -0.2) is 42.4 Å². The van der Waals surface area contributed by atoms with Gasteiger partial charge in [0.25, 0.3) is 0 Å². The second-order valence-electron chi connectivity index (χ2n) is 9.44. The van der Waals surface area contributed by atoms with E-state index in [0.717, 1.165) is 18.9 Å². The van der Waals surface area contributed by atoms with Crippen LogP contribution in [0.5, 0.6) is 0 Å². The third-order valence-electron chi connectivity index (χ3n) is 7.23. The Hall–Kier alpha value is -2.76. The standard InChI is InChI=1S/C22H25F3N4O2/c1-20(4-5-20)19(31)29-13-21(11-17(29)18(27)30)6-8-28(9-7-21)15-3-2-14(12-26)16(10-15)22(23,24)25/h2-3,10,17H,4-9,11,13H2,1H3,(H2,27,30). The quantitative estimate of drug-likeness (QED) is 0.792. The highest BCUT2D eigenvalue weighted by Gasteiger charge is 2.55. The Bertz CT molecular complexity index is 956. The van der Waals surface area contributed by atoms with Crippen molar-refractivity contribution in [2.24, 2.45) is 16.6 Å². The molecule has 6 nitrogen and oxygen atoms in total. The SMILES string of the molecule is CC1(C(=O)N2CC3(CCN(c4ccc(C#N)c(C(F)(F)F)c4)CC3)CC2C(N)=O)CC1. The molecule has 1 unspecified atom stereocenters. The minimum absolute atomic E-state index is 0.0162. The molecule has 1 spiro atoms. The molecule has 0 bridgehead atoms. The van der Waals surface area contributed by atoms with E-state index in [2.05, 4.69) is 0 Å². The fourth-order valence-electron chi connectivity index (χ4n) is 4.93. The fraction of sp³-hybridized carbons (Fsp3) is 0.591. The number of amides is 2. The van der Waals surface area contributed by atoms with Crippen molar-refractivity contribution >= 4 is 17.5 Å². The minimum atomic E-state index is -4.60. The molecular weight excluding hydrogens is 409 g/mol. The van der Waals surface area contributed by atoms with E-state index in [1.165, 1.54) is 12.1 Å². The van der Waals surface area contributed by atoms with Crippen molar-refractivity contribution in [2.75, 3.05) is 24.5 Å².